The molecule has 0 aromatic heterocycles. The van der Waals surface area contributed by atoms with Gasteiger partial charge in [-0.05, 0) is 59.9 Å². The standard InChI is InChI=1S/C15H21BrN2O2.ClH/c1-11-4-5-14(13(16)9-11)20-8-6-15(19)18-12-3-2-7-17-10-12;/h4-5,9,12,17H,2-3,6-8,10H2,1H3,(H,18,19);1H. The first-order valence-electron chi connectivity index (χ1n) is 7.04. The molecule has 1 aromatic rings. The molecular weight excluding hydrogens is 356 g/mol. The quantitative estimate of drug-likeness (QED) is 0.829. The van der Waals surface area contributed by atoms with Gasteiger partial charge in [0.15, 0.2) is 0 Å². The van der Waals surface area contributed by atoms with Crippen LogP contribution in [0.15, 0.2) is 22.7 Å². The summed E-state index contributed by atoms with van der Waals surface area (Å²) >= 11 is 3.46. The van der Waals surface area contributed by atoms with Crippen LogP contribution < -0.4 is 15.4 Å². The molecule has 21 heavy (non-hydrogen) atoms. The number of amides is 1. The fourth-order valence-corrected chi connectivity index (χ4v) is 2.86. The zero-order chi connectivity index (χ0) is 14.4. The van der Waals surface area contributed by atoms with Crippen LogP contribution in [0.2, 0.25) is 0 Å². The van der Waals surface area contributed by atoms with Gasteiger partial charge in [-0.25, -0.2) is 0 Å². The number of hydrogen-bond acceptors (Lipinski definition) is 3. The van der Waals surface area contributed by atoms with Crippen molar-refractivity contribution in [1.82, 2.24) is 10.6 Å². The number of aryl methyl sites for hydroxylation is 1. The zero-order valence-corrected chi connectivity index (χ0v) is 14.6. The second-order valence-electron chi connectivity index (χ2n) is 5.14. The highest BCUT2D eigenvalue weighted by Crippen LogP contribution is 2.25. The third kappa shape index (κ3) is 6.24. The van der Waals surface area contributed by atoms with E-state index in [1.165, 1.54) is 5.56 Å². The van der Waals surface area contributed by atoms with Crippen LogP contribution in [0, 0.1) is 6.92 Å². The van der Waals surface area contributed by atoms with Crippen LogP contribution in [0.4, 0.5) is 0 Å². The minimum absolute atomic E-state index is 0. The van der Waals surface area contributed by atoms with E-state index in [1.54, 1.807) is 0 Å². The highest BCUT2D eigenvalue weighted by molar-refractivity contribution is 9.10. The van der Waals surface area contributed by atoms with Crippen molar-refractivity contribution < 1.29 is 9.53 Å². The second kappa shape index (κ2) is 9.28. The Kier molecular flexibility index (Phi) is 8.07. The summed E-state index contributed by atoms with van der Waals surface area (Å²) in [6, 6.07) is 6.18. The van der Waals surface area contributed by atoms with E-state index in [0.717, 1.165) is 36.2 Å². The SMILES string of the molecule is Cc1ccc(OCCC(=O)NC2CCCNC2)c(Br)c1.Cl. The minimum atomic E-state index is 0. The molecule has 1 heterocycles. The van der Waals surface area contributed by atoms with E-state index in [0.29, 0.717) is 13.0 Å². The minimum Gasteiger partial charge on any atom is -0.492 e. The molecule has 1 atom stereocenters. The molecule has 0 spiro atoms. The number of carbonyl (C=O) groups is 1. The average molecular weight is 378 g/mol. The Bertz CT molecular complexity index is 465. The van der Waals surface area contributed by atoms with Gasteiger partial charge in [-0.2, -0.15) is 0 Å². The lowest BCUT2D eigenvalue weighted by atomic mass is 10.1. The van der Waals surface area contributed by atoms with Crippen LogP contribution in [-0.4, -0.2) is 31.6 Å². The van der Waals surface area contributed by atoms with Crippen molar-refractivity contribution in [2.75, 3.05) is 19.7 Å². The summed E-state index contributed by atoms with van der Waals surface area (Å²) in [7, 11) is 0. The van der Waals surface area contributed by atoms with E-state index in [1.807, 2.05) is 25.1 Å². The Labute approximate surface area is 140 Å². The third-order valence-corrected chi connectivity index (χ3v) is 3.96. The Morgan fingerprint density at radius 3 is 3.00 bits per heavy atom. The molecule has 2 rings (SSSR count). The van der Waals surface area contributed by atoms with Crippen molar-refractivity contribution in [3.63, 3.8) is 0 Å². The summed E-state index contributed by atoms with van der Waals surface area (Å²) in [6.07, 6.45) is 2.57. The van der Waals surface area contributed by atoms with Gasteiger partial charge in [0.25, 0.3) is 0 Å². The van der Waals surface area contributed by atoms with Crippen molar-refractivity contribution in [2.24, 2.45) is 0 Å². The van der Waals surface area contributed by atoms with Crippen LogP contribution in [0.25, 0.3) is 0 Å². The fourth-order valence-electron chi connectivity index (χ4n) is 2.25. The zero-order valence-electron chi connectivity index (χ0n) is 12.2. The van der Waals surface area contributed by atoms with Crippen LogP contribution in [0.3, 0.4) is 0 Å². The second-order valence-corrected chi connectivity index (χ2v) is 6.00. The number of rotatable bonds is 5. The number of hydrogen-bond donors (Lipinski definition) is 2. The van der Waals surface area contributed by atoms with Gasteiger partial charge in [0, 0.05) is 12.6 Å². The fraction of sp³-hybridized carbons (Fsp3) is 0.533. The molecule has 2 N–H and O–H groups in total. The summed E-state index contributed by atoms with van der Waals surface area (Å²) < 4.78 is 6.55. The third-order valence-electron chi connectivity index (χ3n) is 3.34. The molecule has 1 aromatic carbocycles. The molecule has 1 unspecified atom stereocenters. The van der Waals surface area contributed by atoms with Crippen LogP contribution in [0.1, 0.15) is 24.8 Å². The Morgan fingerprint density at radius 1 is 1.52 bits per heavy atom. The van der Waals surface area contributed by atoms with E-state index in [4.69, 9.17) is 4.74 Å². The number of carbonyl (C=O) groups excluding carboxylic acids is 1. The molecule has 0 radical (unpaired) electrons. The lowest BCUT2D eigenvalue weighted by Gasteiger charge is -2.23. The van der Waals surface area contributed by atoms with Crippen molar-refractivity contribution in [1.29, 1.82) is 0 Å². The number of nitrogens with one attached hydrogen (secondary N) is 2. The first-order chi connectivity index (χ1) is 9.65. The lowest BCUT2D eigenvalue weighted by Crippen LogP contribution is -2.45. The van der Waals surface area contributed by atoms with Crippen LogP contribution in [-0.2, 0) is 4.79 Å². The smallest absolute Gasteiger partial charge is 0.223 e. The molecular formula is C15H22BrClN2O2. The first-order valence-corrected chi connectivity index (χ1v) is 7.83. The molecule has 4 nitrogen and oxygen atoms in total. The number of halogens is 2. The lowest BCUT2D eigenvalue weighted by molar-refractivity contribution is -0.122. The summed E-state index contributed by atoms with van der Waals surface area (Å²) in [5.41, 5.74) is 1.17. The van der Waals surface area contributed by atoms with Gasteiger partial charge in [0.2, 0.25) is 5.91 Å². The molecule has 1 aliphatic heterocycles. The van der Waals surface area contributed by atoms with Gasteiger partial charge < -0.3 is 15.4 Å². The van der Waals surface area contributed by atoms with Gasteiger partial charge in [0.1, 0.15) is 5.75 Å². The maximum absolute atomic E-state index is 11.8. The number of benzene rings is 1. The predicted octanol–water partition coefficient (Wildman–Crippen LogP) is 2.82. The number of ether oxygens (including phenoxy) is 1. The van der Waals surface area contributed by atoms with E-state index in [-0.39, 0.29) is 24.4 Å². The number of piperidine rings is 1. The molecule has 0 aliphatic carbocycles. The summed E-state index contributed by atoms with van der Waals surface area (Å²) in [5.74, 6) is 0.838. The highest BCUT2D eigenvalue weighted by Gasteiger charge is 2.15. The van der Waals surface area contributed by atoms with E-state index >= 15 is 0 Å². The van der Waals surface area contributed by atoms with Crippen molar-refractivity contribution >= 4 is 34.2 Å². The predicted molar refractivity (Wildman–Crippen MR) is 90.3 cm³/mol. The highest BCUT2D eigenvalue weighted by atomic mass is 79.9. The average Bonchev–Trinajstić information content (AvgIpc) is 2.42. The van der Waals surface area contributed by atoms with Crippen LogP contribution in [0.5, 0.6) is 5.75 Å². The Morgan fingerprint density at radius 2 is 2.33 bits per heavy atom. The van der Waals surface area contributed by atoms with Gasteiger partial charge >= 0.3 is 0 Å². The molecule has 1 amide bonds. The first kappa shape index (κ1) is 18.3. The van der Waals surface area contributed by atoms with E-state index < -0.39 is 0 Å². The molecule has 1 aliphatic rings. The molecule has 118 valence electrons. The Balaban J connectivity index is 0.00000220. The van der Waals surface area contributed by atoms with Crippen molar-refractivity contribution in [2.45, 2.75) is 32.2 Å². The Hall–Kier alpha value is -0.780. The molecule has 0 saturated carbocycles. The summed E-state index contributed by atoms with van der Waals surface area (Å²) in [4.78, 5) is 11.8. The maximum atomic E-state index is 11.8. The molecule has 6 heteroatoms. The maximum Gasteiger partial charge on any atom is 0.223 e. The van der Waals surface area contributed by atoms with E-state index in [2.05, 4.69) is 26.6 Å². The van der Waals surface area contributed by atoms with E-state index in [9.17, 15) is 4.79 Å². The van der Waals surface area contributed by atoms with Gasteiger partial charge in [-0.3, -0.25) is 4.79 Å². The molecule has 1 saturated heterocycles. The van der Waals surface area contributed by atoms with Gasteiger partial charge in [-0.1, -0.05) is 6.07 Å². The monoisotopic (exact) mass is 376 g/mol. The van der Waals surface area contributed by atoms with Crippen LogP contribution >= 0.6 is 28.3 Å². The summed E-state index contributed by atoms with van der Waals surface area (Å²) in [5, 5.41) is 6.32. The molecule has 1 fully saturated rings. The summed E-state index contributed by atoms with van der Waals surface area (Å²) in [6.45, 7) is 4.35. The van der Waals surface area contributed by atoms with Crippen molar-refractivity contribution in [3.05, 3.63) is 28.2 Å². The molecule has 0 bridgehead atoms. The largest absolute Gasteiger partial charge is 0.492 e. The van der Waals surface area contributed by atoms with Crippen molar-refractivity contribution in [3.8, 4) is 5.75 Å². The normalized spacial score (nSPS) is 17.7. The van der Waals surface area contributed by atoms with Gasteiger partial charge in [0.05, 0.1) is 17.5 Å². The van der Waals surface area contributed by atoms with Gasteiger partial charge in [-0.15, -0.1) is 12.4 Å². The topological polar surface area (TPSA) is 50.4 Å².